The molecule has 0 unspecified atom stereocenters. The van der Waals surface area contributed by atoms with Crippen LogP contribution in [0.3, 0.4) is 0 Å². The average molecular weight is 625 g/mol. The summed E-state index contributed by atoms with van der Waals surface area (Å²) in [7, 11) is 2.64. The van der Waals surface area contributed by atoms with Crippen molar-refractivity contribution in [3.8, 4) is 12.1 Å². The molecule has 220 valence electrons. The number of amides is 4. The highest BCUT2D eigenvalue weighted by Gasteiger charge is 2.54. The Kier molecular flexibility index (Phi) is 6.16. The Bertz CT molecular complexity index is 1920. The SMILES string of the molecule is CC1=C(C#N)C(=O)N(C)C(=O)C1=Nc1nc2c(s1)C1=C(c3sc(N=C4C(=O)N(C)C(=O)C(C#N)=C4C)nc3C1(C)C)C2(C)C. The largest absolute Gasteiger partial charge is 0.279 e. The highest BCUT2D eigenvalue weighted by molar-refractivity contribution is 7.18. The number of hydrogen-bond acceptors (Lipinski definition) is 12. The summed E-state index contributed by atoms with van der Waals surface area (Å²) in [6.45, 7) is 11.3. The lowest BCUT2D eigenvalue weighted by molar-refractivity contribution is -0.138. The molecule has 6 rings (SSSR count). The molecule has 2 aliphatic carbocycles. The number of nitrogens with zero attached hydrogens (tertiary/aromatic N) is 8. The number of hydrogen-bond donors (Lipinski definition) is 0. The van der Waals surface area contributed by atoms with Crippen molar-refractivity contribution in [2.75, 3.05) is 14.1 Å². The van der Waals surface area contributed by atoms with E-state index in [1.807, 2.05) is 12.1 Å². The fourth-order valence-electron chi connectivity index (χ4n) is 5.99. The van der Waals surface area contributed by atoms with Crippen LogP contribution in [0.15, 0.2) is 32.3 Å². The van der Waals surface area contributed by atoms with E-state index in [9.17, 15) is 29.7 Å². The second-order valence-electron chi connectivity index (χ2n) is 11.8. The Morgan fingerprint density at radius 3 is 1.32 bits per heavy atom. The number of aliphatic imine (C=N–C) groups is 2. The number of likely N-dealkylation sites (N-methyl/N-ethyl adjacent to an activating group) is 2. The first-order chi connectivity index (χ1) is 20.6. The monoisotopic (exact) mass is 624 g/mol. The summed E-state index contributed by atoms with van der Waals surface area (Å²) in [6.07, 6.45) is 0. The number of carbonyl (C=O) groups excluding carboxylic acids is 4. The van der Waals surface area contributed by atoms with Gasteiger partial charge in [0.25, 0.3) is 23.6 Å². The van der Waals surface area contributed by atoms with Crippen molar-refractivity contribution in [2.24, 2.45) is 9.98 Å². The normalized spacial score (nSPS) is 22.3. The number of aromatic nitrogens is 2. The van der Waals surface area contributed by atoms with Crippen LogP contribution in [0.1, 0.15) is 62.7 Å². The van der Waals surface area contributed by atoms with Crippen LogP contribution in [0.5, 0.6) is 0 Å². The number of nitriles is 2. The molecule has 0 saturated carbocycles. The Morgan fingerprint density at radius 1 is 0.659 bits per heavy atom. The molecular weight excluding hydrogens is 601 g/mol. The Labute approximate surface area is 260 Å². The van der Waals surface area contributed by atoms with Gasteiger partial charge in [-0.3, -0.25) is 29.0 Å². The van der Waals surface area contributed by atoms with Crippen LogP contribution in [0, 0.1) is 22.7 Å². The van der Waals surface area contributed by atoms with Crippen LogP contribution in [0.2, 0.25) is 0 Å². The molecular formula is C30H24N8O4S2. The lowest BCUT2D eigenvalue weighted by Crippen LogP contribution is -2.44. The van der Waals surface area contributed by atoms with E-state index in [1.165, 1.54) is 50.6 Å². The summed E-state index contributed by atoms with van der Waals surface area (Å²) in [5, 5.41) is 19.7. The average Bonchev–Trinajstić information content (AvgIpc) is 3.68. The quantitative estimate of drug-likeness (QED) is 0.452. The molecule has 0 aromatic carbocycles. The maximum Gasteiger partial charge on any atom is 0.279 e. The van der Waals surface area contributed by atoms with Crippen LogP contribution >= 0.6 is 22.7 Å². The molecule has 0 saturated heterocycles. The fraction of sp³-hybridized carbons (Fsp3) is 0.333. The summed E-state index contributed by atoms with van der Waals surface area (Å²) in [4.78, 5) is 72.9. The van der Waals surface area contributed by atoms with Gasteiger partial charge < -0.3 is 0 Å². The van der Waals surface area contributed by atoms with Crippen molar-refractivity contribution >= 4 is 79.1 Å². The molecule has 2 aliphatic heterocycles. The molecule has 2 aromatic rings. The second kappa shape index (κ2) is 9.29. The van der Waals surface area contributed by atoms with Crippen LogP contribution in [0.25, 0.3) is 11.1 Å². The third-order valence-electron chi connectivity index (χ3n) is 8.52. The van der Waals surface area contributed by atoms with Gasteiger partial charge in [-0.05, 0) is 25.0 Å². The molecule has 0 N–H and O–H groups in total. The number of thiazole rings is 2. The number of carbonyl (C=O) groups is 4. The van der Waals surface area contributed by atoms with Gasteiger partial charge in [-0.15, -0.1) is 0 Å². The van der Waals surface area contributed by atoms with Gasteiger partial charge in [0.15, 0.2) is 0 Å². The van der Waals surface area contributed by atoms with Gasteiger partial charge in [0.2, 0.25) is 10.3 Å². The number of imide groups is 2. The van der Waals surface area contributed by atoms with E-state index < -0.39 is 34.5 Å². The minimum atomic E-state index is -0.660. The van der Waals surface area contributed by atoms with E-state index in [0.29, 0.717) is 10.3 Å². The zero-order valence-electron chi connectivity index (χ0n) is 25.0. The van der Waals surface area contributed by atoms with E-state index in [0.717, 1.165) is 42.1 Å². The molecule has 0 radical (unpaired) electrons. The highest BCUT2D eigenvalue weighted by atomic mass is 32.1. The van der Waals surface area contributed by atoms with Crippen molar-refractivity contribution < 1.29 is 19.2 Å². The van der Waals surface area contributed by atoms with Crippen LogP contribution in [0.4, 0.5) is 10.3 Å². The predicted molar refractivity (Wildman–Crippen MR) is 163 cm³/mol. The van der Waals surface area contributed by atoms with E-state index in [-0.39, 0.29) is 33.7 Å². The molecule has 44 heavy (non-hydrogen) atoms. The summed E-state index contributed by atoms with van der Waals surface area (Å²) < 4.78 is 0. The lowest BCUT2D eigenvalue weighted by Gasteiger charge is -2.22. The van der Waals surface area contributed by atoms with Gasteiger partial charge in [0.05, 0.1) is 21.1 Å². The maximum absolute atomic E-state index is 12.9. The molecule has 0 bridgehead atoms. The van der Waals surface area contributed by atoms with Crippen LogP contribution in [-0.2, 0) is 30.0 Å². The standard InChI is InChI=1S/C30H24N8O4S2/c1-11-13(9-31)23(39)37(7)25(41)17(11)33-27-35-21-19(43-27)15-16(29(21,3)4)20-22(30(15,5)6)36-28(44-20)34-18-12(2)14(10-32)24(40)38(8)26(18)42/h1-8H3. The minimum absolute atomic E-state index is 0.00629. The maximum atomic E-state index is 12.9. The zero-order valence-corrected chi connectivity index (χ0v) is 26.7. The predicted octanol–water partition coefficient (Wildman–Crippen LogP) is 3.92. The molecule has 4 heterocycles. The molecule has 12 nitrogen and oxygen atoms in total. The summed E-state index contributed by atoms with van der Waals surface area (Å²) in [6, 6.07) is 3.76. The van der Waals surface area contributed by atoms with Crippen LogP contribution < -0.4 is 0 Å². The molecule has 4 aliphatic rings. The Morgan fingerprint density at radius 2 is 1.00 bits per heavy atom. The molecule has 0 atom stereocenters. The minimum Gasteiger partial charge on any atom is -0.276 e. The third-order valence-corrected chi connectivity index (χ3v) is 10.5. The van der Waals surface area contributed by atoms with Gasteiger partial charge in [-0.25, -0.2) is 20.0 Å². The lowest BCUT2D eigenvalue weighted by atomic mass is 9.84. The van der Waals surface area contributed by atoms with E-state index in [4.69, 9.17) is 9.97 Å². The topological polar surface area (TPSA) is 173 Å². The van der Waals surface area contributed by atoms with Crippen molar-refractivity contribution in [3.63, 3.8) is 0 Å². The highest BCUT2D eigenvalue weighted by Crippen LogP contribution is 2.65. The molecule has 4 amide bonds. The first-order valence-electron chi connectivity index (χ1n) is 13.4. The van der Waals surface area contributed by atoms with Crippen molar-refractivity contribution in [1.29, 1.82) is 10.5 Å². The smallest absolute Gasteiger partial charge is 0.276 e. The number of allylic oxidation sites excluding steroid dienone is 2. The van der Waals surface area contributed by atoms with Crippen molar-refractivity contribution in [3.05, 3.63) is 43.4 Å². The summed E-state index contributed by atoms with van der Waals surface area (Å²) in [5.74, 6) is -2.51. The Balaban J connectivity index is 1.46. The first kappa shape index (κ1) is 29.2. The number of rotatable bonds is 2. The van der Waals surface area contributed by atoms with E-state index in [1.54, 1.807) is 0 Å². The van der Waals surface area contributed by atoms with Crippen LogP contribution in [-0.4, -0.2) is 68.9 Å². The molecule has 14 heteroatoms. The molecule has 0 spiro atoms. The van der Waals surface area contributed by atoms with Gasteiger partial charge in [0.1, 0.15) is 34.7 Å². The summed E-state index contributed by atoms with van der Waals surface area (Å²) >= 11 is 2.67. The number of fused-ring (bicyclic) bond motifs is 4. The molecule has 2 aromatic heterocycles. The van der Waals surface area contributed by atoms with Crippen molar-refractivity contribution in [1.82, 2.24) is 19.8 Å². The van der Waals surface area contributed by atoms with E-state index in [2.05, 4.69) is 37.7 Å². The van der Waals surface area contributed by atoms with E-state index >= 15 is 0 Å². The van der Waals surface area contributed by atoms with Crippen molar-refractivity contribution in [2.45, 2.75) is 52.4 Å². The summed E-state index contributed by atoms with van der Waals surface area (Å²) in [5.41, 5.74) is 2.73. The van der Waals surface area contributed by atoms with Gasteiger partial charge in [0, 0.05) is 36.1 Å². The molecule has 0 fully saturated rings. The Hall–Kier alpha value is -4.92. The third kappa shape index (κ3) is 3.64. The van der Waals surface area contributed by atoms with Gasteiger partial charge in [-0.1, -0.05) is 50.4 Å². The van der Waals surface area contributed by atoms with Gasteiger partial charge in [-0.2, -0.15) is 10.5 Å². The first-order valence-corrected chi connectivity index (χ1v) is 15.0. The zero-order chi connectivity index (χ0) is 32.2. The fourth-order valence-corrected chi connectivity index (χ4v) is 8.62. The second-order valence-corrected chi connectivity index (χ2v) is 13.8. The van der Waals surface area contributed by atoms with Gasteiger partial charge >= 0.3 is 0 Å².